The maximum atomic E-state index is 13.0. The van der Waals surface area contributed by atoms with Crippen LogP contribution in [0.3, 0.4) is 0 Å². The lowest BCUT2D eigenvalue weighted by molar-refractivity contribution is 0.0663. The Morgan fingerprint density at radius 3 is 2.30 bits per heavy atom. The minimum absolute atomic E-state index is 0.0889. The molecule has 2 heterocycles. The Morgan fingerprint density at radius 2 is 1.65 bits per heavy atom. The van der Waals surface area contributed by atoms with Crippen LogP contribution in [0, 0.1) is 5.82 Å². The fourth-order valence-electron chi connectivity index (χ4n) is 2.61. The fourth-order valence-corrected chi connectivity index (χ4v) is 2.61. The Hall–Kier alpha value is -2.47. The first kappa shape index (κ1) is 15.4. The maximum absolute atomic E-state index is 13.0. The van der Waals surface area contributed by atoms with E-state index in [9.17, 15) is 14.0 Å². The molecule has 1 aliphatic heterocycles. The molecular formula is C17H18FN3O2. The molecule has 1 saturated heterocycles. The molecule has 0 unspecified atom stereocenters. The third-order valence-electron chi connectivity index (χ3n) is 4.05. The normalized spacial score (nSPS) is 15.7. The number of carbonyl (C=O) groups excluding carboxylic acids is 1. The van der Waals surface area contributed by atoms with Crippen LogP contribution in [0.15, 0.2) is 47.4 Å². The quantitative estimate of drug-likeness (QED) is 0.841. The van der Waals surface area contributed by atoms with Gasteiger partial charge in [0.2, 0.25) is 0 Å². The summed E-state index contributed by atoms with van der Waals surface area (Å²) in [5.74, 6) is -0.458. The summed E-state index contributed by atoms with van der Waals surface area (Å²) in [4.78, 5) is 28.6. The van der Waals surface area contributed by atoms with Crippen molar-refractivity contribution in [2.45, 2.75) is 0 Å². The van der Waals surface area contributed by atoms with Crippen molar-refractivity contribution in [1.82, 2.24) is 14.4 Å². The van der Waals surface area contributed by atoms with Gasteiger partial charge in [-0.25, -0.2) is 4.39 Å². The second-order valence-electron chi connectivity index (χ2n) is 5.70. The number of rotatable bonds is 2. The highest BCUT2D eigenvalue weighted by Crippen LogP contribution is 2.11. The monoisotopic (exact) mass is 315 g/mol. The molecule has 3 rings (SSSR count). The van der Waals surface area contributed by atoms with E-state index in [2.05, 4.69) is 4.90 Å². The lowest BCUT2D eigenvalue weighted by atomic mass is 10.2. The lowest BCUT2D eigenvalue weighted by Crippen LogP contribution is -2.47. The molecule has 0 bridgehead atoms. The maximum Gasteiger partial charge on any atom is 0.255 e. The van der Waals surface area contributed by atoms with Crippen molar-refractivity contribution in [3.8, 4) is 5.69 Å². The van der Waals surface area contributed by atoms with Gasteiger partial charge in [-0.3, -0.25) is 14.2 Å². The summed E-state index contributed by atoms with van der Waals surface area (Å²) >= 11 is 0. The Morgan fingerprint density at radius 1 is 1.00 bits per heavy atom. The van der Waals surface area contributed by atoms with E-state index in [1.807, 2.05) is 7.05 Å². The summed E-state index contributed by atoms with van der Waals surface area (Å²) in [7, 11) is 2.02. The molecule has 0 aliphatic carbocycles. The van der Waals surface area contributed by atoms with Crippen LogP contribution in [0.25, 0.3) is 5.69 Å². The van der Waals surface area contributed by atoms with Crippen molar-refractivity contribution in [3.63, 3.8) is 0 Å². The Balaban J connectivity index is 1.89. The second-order valence-corrected chi connectivity index (χ2v) is 5.70. The molecule has 1 fully saturated rings. The third kappa shape index (κ3) is 3.32. The second kappa shape index (κ2) is 6.34. The van der Waals surface area contributed by atoms with Crippen LogP contribution < -0.4 is 5.56 Å². The minimum atomic E-state index is -0.369. The van der Waals surface area contributed by atoms with Crippen LogP contribution in [0.4, 0.5) is 4.39 Å². The van der Waals surface area contributed by atoms with Gasteiger partial charge >= 0.3 is 0 Å². The van der Waals surface area contributed by atoms with Crippen molar-refractivity contribution in [3.05, 3.63) is 64.3 Å². The van der Waals surface area contributed by atoms with Crippen molar-refractivity contribution in [2.75, 3.05) is 33.2 Å². The lowest BCUT2D eigenvalue weighted by Gasteiger charge is -2.32. The number of pyridine rings is 1. The summed E-state index contributed by atoms with van der Waals surface area (Å²) in [5, 5.41) is 0. The van der Waals surface area contributed by atoms with Crippen LogP contribution in [0.1, 0.15) is 10.4 Å². The van der Waals surface area contributed by atoms with E-state index in [4.69, 9.17) is 0 Å². The van der Waals surface area contributed by atoms with E-state index in [0.29, 0.717) is 24.3 Å². The van der Waals surface area contributed by atoms with Crippen LogP contribution in [-0.4, -0.2) is 53.5 Å². The van der Waals surface area contributed by atoms with E-state index in [0.717, 1.165) is 13.1 Å². The molecule has 1 aliphatic rings. The van der Waals surface area contributed by atoms with Gasteiger partial charge in [-0.05, 0) is 37.4 Å². The van der Waals surface area contributed by atoms with Crippen LogP contribution in [0.2, 0.25) is 0 Å². The molecule has 0 saturated carbocycles. The summed E-state index contributed by atoms with van der Waals surface area (Å²) < 4.78 is 14.4. The predicted molar refractivity (Wildman–Crippen MR) is 85.4 cm³/mol. The molecule has 120 valence electrons. The van der Waals surface area contributed by atoms with Crippen LogP contribution >= 0.6 is 0 Å². The molecule has 0 spiro atoms. The number of benzene rings is 1. The number of hydrogen-bond donors (Lipinski definition) is 0. The molecular weight excluding hydrogens is 297 g/mol. The van der Waals surface area contributed by atoms with Gasteiger partial charge in [0.25, 0.3) is 11.5 Å². The fraction of sp³-hybridized carbons (Fsp3) is 0.294. The number of hydrogen-bond acceptors (Lipinski definition) is 3. The van der Waals surface area contributed by atoms with E-state index in [1.54, 1.807) is 11.0 Å². The first-order valence-corrected chi connectivity index (χ1v) is 7.51. The SMILES string of the molecule is CN1CCN(C(=O)c2ccc(=O)n(-c3ccc(F)cc3)c2)CC1. The Labute approximate surface area is 133 Å². The third-order valence-corrected chi connectivity index (χ3v) is 4.05. The molecule has 1 aromatic carbocycles. The molecule has 23 heavy (non-hydrogen) atoms. The first-order valence-electron chi connectivity index (χ1n) is 7.51. The number of piperazine rings is 1. The minimum Gasteiger partial charge on any atom is -0.336 e. The van der Waals surface area contributed by atoms with Gasteiger partial charge in [0.1, 0.15) is 5.82 Å². The average Bonchev–Trinajstić information content (AvgIpc) is 2.56. The van der Waals surface area contributed by atoms with E-state index < -0.39 is 0 Å². The van der Waals surface area contributed by atoms with Gasteiger partial charge in [-0.15, -0.1) is 0 Å². The van der Waals surface area contributed by atoms with Gasteiger partial charge in [0.15, 0.2) is 0 Å². The average molecular weight is 315 g/mol. The first-order chi connectivity index (χ1) is 11.0. The van der Waals surface area contributed by atoms with E-state index in [-0.39, 0.29) is 17.3 Å². The summed E-state index contributed by atoms with van der Waals surface area (Å²) in [6.45, 7) is 3.02. The van der Waals surface area contributed by atoms with Crippen molar-refractivity contribution in [2.24, 2.45) is 0 Å². The number of halogens is 1. The highest BCUT2D eigenvalue weighted by molar-refractivity contribution is 5.94. The van der Waals surface area contributed by atoms with E-state index in [1.165, 1.54) is 41.1 Å². The summed E-state index contributed by atoms with van der Waals surface area (Å²) in [5.41, 5.74) is 0.731. The van der Waals surface area contributed by atoms with Crippen molar-refractivity contribution in [1.29, 1.82) is 0 Å². The summed E-state index contributed by atoms with van der Waals surface area (Å²) in [6.07, 6.45) is 1.52. The molecule has 5 nitrogen and oxygen atoms in total. The standard InChI is InChI=1S/C17H18FN3O2/c1-19-8-10-20(11-9-19)17(23)13-2-7-16(22)21(12-13)15-5-3-14(18)4-6-15/h2-7,12H,8-11H2,1H3. The molecule has 0 atom stereocenters. The molecule has 1 amide bonds. The molecule has 6 heteroatoms. The van der Waals surface area contributed by atoms with Crippen molar-refractivity contribution < 1.29 is 9.18 Å². The zero-order chi connectivity index (χ0) is 16.4. The Bertz CT molecular complexity index is 762. The highest BCUT2D eigenvalue weighted by atomic mass is 19.1. The van der Waals surface area contributed by atoms with Gasteiger partial charge < -0.3 is 9.80 Å². The highest BCUT2D eigenvalue weighted by Gasteiger charge is 2.21. The van der Waals surface area contributed by atoms with Crippen molar-refractivity contribution >= 4 is 5.91 Å². The number of amides is 1. The van der Waals surface area contributed by atoms with Gasteiger partial charge in [0.05, 0.1) is 5.56 Å². The number of nitrogens with zero attached hydrogens (tertiary/aromatic N) is 3. The number of likely N-dealkylation sites (N-methyl/N-ethyl adjacent to an activating group) is 1. The zero-order valence-corrected chi connectivity index (χ0v) is 12.9. The van der Waals surface area contributed by atoms with Gasteiger partial charge in [0, 0.05) is 44.1 Å². The number of carbonyl (C=O) groups is 1. The topological polar surface area (TPSA) is 45.6 Å². The van der Waals surface area contributed by atoms with Gasteiger partial charge in [-0.2, -0.15) is 0 Å². The molecule has 2 aromatic rings. The molecule has 0 N–H and O–H groups in total. The zero-order valence-electron chi connectivity index (χ0n) is 12.9. The van der Waals surface area contributed by atoms with Gasteiger partial charge in [-0.1, -0.05) is 0 Å². The molecule has 1 aromatic heterocycles. The summed E-state index contributed by atoms with van der Waals surface area (Å²) in [6, 6.07) is 8.52. The Kier molecular flexibility index (Phi) is 4.25. The van der Waals surface area contributed by atoms with Crippen LogP contribution in [0.5, 0.6) is 0 Å². The smallest absolute Gasteiger partial charge is 0.255 e. The van der Waals surface area contributed by atoms with Crippen LogP contribution in [-0.2, 0) is 0 Å². The predicted octanol–water partition coefficient (Wildman–Crippen LogP) is 1.36. The number of aromatic nitrogens is 1. The molecule has 0 radical (unpaired) electrons. The largest absolute Gasteiger partial charge is 0.336 e. The van der Waals surface area contributed by atoms with E-state index >= 15 is 0 Å².